The van der Waals surface area contributed by atoms with Gasteiger partial charge in [0.25, 0.3) is 0 Å². The predicted octanol–water partition coefficient (Wildman–Crippen LogP) is 3.76. The van der Waals surface area contributed by atoms with E-state index in [1.807, 2.05) is 12.1 Å². The Labute approximate surface area is 129 Å². The fourth-order valence-corrected chi connectivity index (χ4v) is 2.63. The maximum atomic E-state index is 9.57. The third-order valence-electron chi connectivity index (χ3n) is 3.76. The van der Waals surface area contributed by atoms with Crippen molar-refractivity contribution in [2.24, 2.45) is 0 Å². The van der Waals surface area contributed by atoms with Crippen LogP contribution in [0.15, 0.2) is 61.2 Å². The van der Waals surface area contributed by atoms with E-state index in [2.05, 4.69) is 30.8 Å². The molecule has 0 heterocycles. The molecule has 0 bridgehead atoms. The summed E-state index contributed by atoms with van der Waals surface area (Å²) in [6.07, 6.45) is 1.19. The Morgan fingerprint density at radius 1 is 1.00 bits per heavy atom. The van der Waals surface area contributed by atoms with Crippen LogP contribution in [0.2, 0.25) is 0 Å². The monoisotopic (exact) mass is 294 g/mol. The van der Waals surface area contributed by atoms with Gasteiger partial charge >= 0.3 is 0 Å². The van der Waals surface area contributed by atoms with Crippen molar-refractivity contribution in [2.45, 2.75) is 12.7 Å². The standard InChI is InChI=1S/C19H18O3/c1-2-19(21)22-10-9-13-3-7-17-14(11-13)4-5-15-12-16(20)6-8-18(15)17/h2-8,11-12,19-21H,1,9-10H2. The van der Waals surface area contributed by atoms with Crippen molar-refractivity contribution in [1.82, 2.24) is 0 Å². The van der Waals surface area contributed by atoms with Crippen LogP contribution in [0.3, 0.4) is 0 Å². The van der Waals surface area contributed by atoms with Gasteiger partial charge in [0.2, 0.25) is 0 Å². The van der Waals surface area contributed by atoms with Gasteiger partial charge < -0.3 is 14.9 Å². The van der Waals surface area contributed by atoms with Crippen molar-refractivity contribution in [2.75, 3.05) is 6.61 Å². The van der Waals surface area contributed by atoms with Crippen LogP contribution in [0.4, 0.5) is 0 Å². The first kappa shape index (κ1) is 14.6. The molecule has 0 saturated heterocycles. The zero-order valence-electron chi connectivity index (χ0n) is 12.2. The maximum Gasteiger partial charge on any atom is 0.173 e. The zero-order chi connectivity index (χ0) is 15.5. The average Bonchev–Trinajstić information content (AvgIpc) is 2.54. The number of phenolic OH excluding ortho intramolecular Hbond substituents is 1. The lowest BCUT2D eigenvalue weighted by Gasteiger charge is -2.09. The number of aliphatic hydroxyl groups excluding tert-OH is 1. The van der Waals surface area contributed by atoms with Crippen LogP contribution in [0.5, 0.6) is 5.75 Å². The number of hydrogen-bond donors (Lipinski definition) is 2. The van der Waals surface area contributed by atoms with E-state index in [-0.39, 0.29) is 5.75 Å². The Bertz CT molecular complexity index is 823. The summed E-state index contributed by atoms with van der Waals surface area (Å²) in [5, 5.41) is 23.3. The molecule has 3 aromatic rings. The van der Waals surface area contributed by atoms with Crippen molar-refractivity contribution in [3.05, 3.63) is 66.7 Å². The van der Waals surface area contributed by atoms with Crippen LogP contribution < -0.4 is 0 Å². The number of hydrogen-bond acceptors (Lipinski definition) is 3. The summed E-state index contributed by atoms with van der Waals surface area (Å²) in [6, 6.07) is 15.8. The Hall–Kier alpha value is -2.36. The van der Waals surface area contributed by atoms with Gasteiger partial charge in [0.05, 0.1) is 6.61 Å². The number of aliphatic hydroxyl groups is 1. The minimum Gasteiger partial charge on any atom is -0.508 e. The number of aromatic hydroxyl groups is 1. The van der Waals surface area contributed by atoms with Gasteiger partial charge in [0.15, 0.2) is 6.29 Å². The summed E-state index contributed by atoms with van der Waals surface area (Å²) >= 11 is 0. The van der Waals surface area contributed by atoms with Crippen molar-refractivity contribution < 1.29 is 14.9 Å². The lowest BCUT2D eigenvalue weighted by Crippen LogP contribution is -2.10. The molecule has 22 heavy (non-hydrogen) atoms. The van der Waals surface area contributed by atoms with Crippen molar-refractivity contribution in [1.29, 1.82) is 0 Å². The van der Waals surface area contributed by atoms with Crippen LogP contribution in [0.1, 0.15) is 5.56 Å². The summed E-state index contributed by atoms with van der Waals surface area (Å²) in [4.78, 5) is 0. The Morgan fingerprint density at radius 3 is 2.41 bits per heavy atom. The Balaban J connectivity index is 1.89. The van der Waals surface area contributed by atoms with Gasteiger partial charge in [-0.1, -0.05) is 43.0 Å². The quantitative estimate of drug-likeness (QED) is 0.428. The molecule has 0 aliphatic rings. The van der Waals surface area contributed by atoms with E-state index in [4.69, 9.17) is 4.74 Å². The SMILES string of the molecule is C=CC(O)OCCc1ccc2c(ccc3cc(O)ccc32)c1. The van der Waals surface area contributed by atoms with E-state index in [1.165, 1.54) is 6.08 Å². The van der Waals surface area contributed by atoms with Gasteiger partial charge in [0, 0.05) is 0 Å². The second-order valence-corrected chi connectivity index (χ2v) is 5.27. The molecule has 1 unspecified atom stereocenters. The smallest absolute Gasteiger partial charge is 0.173 e. The van der Waals surface area contributed by atoms with Crippen molar-refractivity contribution in [3.63, 3.8) is 0 Å². The number of fused-ring (bicyclic) bond motifs is 3. The predicted molar refractivity (Wildman–Crippen MR) is 89.0 cm³/mol. The molecule has 0 saturated carbocycles. The molecule has 1 atom stereocenters. The Morgan fingerprint density at radius 2 is 1.68 bits per heavy atom. The molecular weight excluding hydrogens is 276 g/mol. The summed E-state index contributed by atoms with van der Waals surface area (Å²) in [7, 11) is 0. The van der Waals surface area contributed by atoms with Crippen LogP contribution in [-0.4, -0.2) is 23.1 Å². The average molecular weight is 294 g/mol. The number of phenols is 1. The van der Waals surface area contributed by atoms with Crippen molar-refractivity contribution >= 4 is 21.5 Å². The van der Waals surface area contributed by atoms with E-state index < -0.39 is 6.29 Å². The van der Waals surface area contributed by atoms with Crippen LogP contribution in [0, 0.1) is 0 Å². The van der Waals surface area contributed by atoms with E-state index in [0.29, 0.717) is 6.61 Å². The molecule has 0 aromatic heterocycles. The highest BCUT2D eigenvalue weighted by molar-refractivity contribution is 6.07. The normalized spacial score (nSPS) is 12.6. The third kappa shape index (κ3) is 2.96. The first-order chi connectivity index (χ1) is 10.7. The topological polar surface area (TPSA) is 49.7 Å². The molecular formula is C19H18O3. The number of ether oxygens (including phenoxy) is 1. The zero-order valence-corrected chi connectivity index (χ0v) is 12.2. The number of benzene rings is 3. The minimum atomic E-state index is -0.905. The highest BCUT2D eigenvalue weighted by Crippen LogP contribution is 2.28. The van der Waals surface area contributed by atoms with E-state index >= 15 is 0 Å². The Kier molecular flexibility index (Phi) is 4.09. The fourth-order valence-electron chi connectivity index (χ4n) is 2.63. The molecule has 0 spiro atoms. The summed E-state index contributed by atoms with van der Waals surface area (Å²) in [5.41, 5.74) is 1.15. The van der Waals surface area contributed by atoms with Crippen molar-refractivity contribution in [3.8, 4) is 5.75 Å². The number of rotatable bonds is 5. The van der Waals surface area contributed by atoms with Gasteiger partial charge in [0.1, 0.15) is 5.75 Å². The first-order valence-corrected chi connectivity index (χ1v) is 7.24. The van der Waals surface area contributed by atoms with Crippen LogP contribution >= 0.6 is 0 Å². The molecule has 3 aromatic carbocycles. The molecule has 3 rings (SSSR count). The van der Waals surface area contributed by atoms with E-state index in [9.17, 15) is 10.2 Å². The molecule has 0 radical (unpaired) electrons. The van der Waals surface area contributed by atoms with Gasteiger partial charge in [-0.25, -0.2) is 0 Å². The third-order valence-corrected chi connectivity index (χ3v) is 3.76. The molecule has 2 N–H and O–H groups in total. The molecule has 0 amide bonds. The molecule has 3 nitrogen and oxygen atoms in total. The van der Waals surface area contributed by atoms with Crippen LogP contribution in [0.25, 0.3) is 21.5 Å². The highest BCUT2D eigenvalue weighted by atomic mass is 16.6. The second-order valence-electron chi connectivity index (χ2n) is 5.27. The van der Waals surface area contributed by atoms with Gasteiger partial charge in [-0.2, -0.15) is 0 Å². The van der Waals surface area contributed by atoms with Gasteiger partial charge in [-0.05, 0) is 51.7 Å². The highest BCUT2D eigenvalue weighted by Gasteiger charge is 2.04. The van der Waals surface area contributed by atoms with Crippen LogP contribution in [-0.2, 0) is 11.2 Å². The molecule has 3 heteroatoms. The molecule has 0 fully saturated rings. The second kappa shape index (κ2) is 6.18. The van der Waals surface area contributed by atoms with Gasteiger partial charge in [-0.15, -0.1) is 0 Å². The minimum absolute atomic E-state index is 0.279. The molecule has 0 aliphatic carbocycles. The van der Waals surface area contributed by atoms with E-state index in [0.717, 1.165) is 33.5 Å². The summed E-state index contributed by atoms with van der Waals surface area (Å²) < 4.78 is 5.20. The molecule has 0 aliphatic heterocycles. The van der Waals surface area contributed by atoms with Gasteiger partial charge in [-0.3, -0.25) is 0 Å². The maximum absolute atomic E-state index is 9.57. The lowest BCUT2D eigenvalue weighted by atomic mass is 9.99. The first-order valence-electron chi connectivity index (χ1n) is 7.24. The fraction of sp³-hybridized carbons (Fsp3) is 0.158. The largest absolute Gasteiger partial charge is 0.508 e. The lowest BCUT2D eigenvalue weighted by molar-refractivity contribution is -0.0625. The summed E-state index contributed by atoms with van der Waals surface area (Å²) in [6.45, 7) is 3.91. The summed E-state index contributed by atoms with van der Waals surface area (Å²) in [5.74, 6) is 0.279. The van der Waals surface area contributed by atoms with E-state index in [1.54, 1.807) is 12.1 Å². The molecule has 112 valence electrons.